The van der Waals surface area contributed by atoms with Crippen LogP contribution in [0.3, 0.4) is 0 Å². The second-order valence-corrected chi connectivity index (χ2v) is 7.00. The largest absolute Gasteiger partial charge is 0.500 e. The molecule has 0 bridgehead atoms. The van der Waals surface area contributed by atoms with Gasteiger partial charge >= 0.3 is 5.69 Å². The van der Waals surface area contributed by atoms with Crippen molar-refractivity contribution in [1.29, 1.82) is 5.26 Å². The highest BCUT2D eigenvalue weighted by Gasteiger charge is 2.20. The van der Waals surface area contributed by atoms with E-state index in [4.69, 9.17) is 9.47 Å². The van der Waals surface area contributed by atoms with Crippen molar-refractivity contribution in [1.82, 2.24) is 0 Å². The number of amides is 1. The molecule has 2 N–H and O–H groups in total. The first-order valence-electron chi connectivity index (χ1n) is 10.3. The first kappa shape index (κ1) is 23.8. The summed E-state index contributed by atoms with van der Waals surface area (Å²) in [7, 11) is 0. The third-order valence-electron chi connectivity index (χ3n) is 4.61. The fourth-order valence-corrected chi connectivity index (χ4v) is 2.99. The number of nitro groups is 1. The maximum atomic E-state index is 12.6. The molecule has 0 saturated carbocycles. The number of nitrogens with zero attached hydrogens (tertiary/aromatic N) is 2. The van der Waals surface area contributed by atoms with Crippen LogP contribution in [-0.2, 0) is 11.4 Å². The van der Waals surface area contributed by atoms with Gasteiger partial charge in [0.1, 0.15) is 24.0 Å². The molecular weight excluding hydrogens is 438 g/mol. The van der Waals surface area contributed by atoms with Gasteiger partial charge in [-0.3, -0.25) is 14.9 Å². The van der Waals surface area contributed by atoms with Gasteiger partial charge in [-0.1, -0.05) is 30.3 Å². The first-order chi connectivity index (χ1) is 16.4. The Kier molecular flexibility index (Phi) is 7.81. The third kappa shape index (κ3) is 6.11. The summed E-state index contributed by atoms with van der Waals surface area (Å²) in [6.07, 6.45) is 1.18. The van der Waals surface area contributed by atoms with Crippen LogP contribution >= 0.6 is 0 Å². The van der Waals surface area contributed by atoms with Crippen LogP contribution in [0.4, 0.5) is 11.4 Å². The van der Waals surface area contributed by atoms with Gasteiger partial charge in [0.2, 0.25) is 5.75 Å². The molecule has 1 amide bonds. The molecular formula is C25H21N3O6. The molecule has 0 aliphatic carbocycles. The van der Waals surface area contributed by atoms with E-state index in [2.05, 4.69) is 5.32 Å². The summed E-state index contributed by atoms with van der Waals surface area (Å²) in [5.41, 5.74) is 0.729. The third-order valence-corrected chi connectivity index (χ3v) is 4.61. The number of hydrogen-bond acceptors (Lipinski definition) is 7. The Labute approximate surface area is 195 Å². The van der Waals surface area contributed by atoms with Gasteiger partial charge in [0.15, 0.2) is 5.75 Å². The number of anilines is 1. The summed E-state index contributed by atoms with van der Waals surface area (Å²) >= 11 is 0. The summed E-state index contributed by atoms with van der Waals surface area (Å²) < 4.78 is 10.9. The zero-order valence-corrected chi connectivity index (χ0v) is 18.2. The van der Waals surface area contributed by atoms with Crippen molar-refractivity contribution in [3.8, 4) is 23.3 Å². The van der Waals surface area contributed by atoms with Crippen molar-refractivity contribution in [2.45, 2.75) is 13.5 Å². The van der Waals surface area contributed by atoms with E-state index >= 15 is 0 Å². The minimum Gasteiger partial charge on any atom is -0.500 e. The molecule has 0 unspecified atom stereocenters. The number of aromatic hydroxyl groups is 1. The number of nitrogens with one attached hydrogen (secondary N) is 1. The molecule has 0 saturated heterocycles. The van der Waals surface area contributed by atoms with Gasteiger partial charge in [-0.25, -0.2) is 0 Å². The number of benzene rings is 3. The number of carbonyl (C=O) groups is 1. The Hall–Kier alpha value is -4.84. The fourth-order valence-electron chi connectivity index (χ4n) is 2.99. The molecule has 9 nitrogen and oxygen atoms in total. The topological polar surface area (TPSA) is 135 Å². The molecule has 0 aliphatic rings. The zero-order chi connectivity index (χ0) is 24.5. The number of phenols is 1. The Bertz CT molecular complexity index is 1250. The van der Waals surface area contributed by atoms with E-state index in [1.807, 2.05) is 30.3 Å². The summed E-state index contributed by atoms with van der Waals surface area (Å²) in [6.45, 7) is 2.21. The van der Waals surface area contributed by atoms with Crippen molar-refractivity contribution in [2.24, 2.45) is 0 Å². The molecule has 3 aromatic rings. The lowest BCUT2D eigenvalue weighted by atomic mass is 10.1. The Morgan fingerprint density at radius 3 is 2.47 bits per heavy atom. The Morgan fingerprint density at radius 2 is 1.85 bits per heavy atom. The maximum Gasteiger partial charge on any atom is 0.315 e. The number of hydrogen-bond donors (Lipinski definition) is 2. The van der Waals surface area contributed by atoms with Gasteiger partial charge < -0.3 is 19.9 Å². The highest BCUT2D eigenvalue weighted by Crippen LogP contribution is 2.37. The SMILES string of the molecule is CCOc1cc(/C=C(\C#N)C(=O)Nc2ccc(OCc3ccccc3)cc2)cc([N+](=O)[O-])c1O. The molecule has 0 spiro atoms. The van der Waals surface area contributed by atoms with E-state index in [1.165, 1.54) is 12.1 Å². The molecule has 3 rings (SSSR count). The van der Waals surface area contributed by atoms with Crippen molar-refractivity contribution in [3.05, 3.63) is 93.5 Å². The minimum atomic E-state index is -0.775. The lowest BCUT2D eigenvalue weighted by Gasteiger charge is -2.09. The average Bonchev–Trinajstić information content (AvgIpc) is 2.84. The van der Waals surface area contributed by atoms with Gasteiger partial charge in [-0.05, 0) is 54.5 Å². The summed E-state index contributed by atoms with van der Waals surface area (Å²) in [6, 6.07) is 20.5. The fraction of sp³-hybridized carbons (Fsp3) is 0.120. The van der Waals surface area contributed by atoms with Crippen LogP contribution in [0.15, 0.2) is 72.3 Å². The van der Waals surface area contributed by atoms with Crippen LogP contribution < -0.4 is 14.8 Å². The Balaban J connectivity index is 1.73. The molecule has 0 heterocycles. The molecule has 0 aromatic heterocycles. The lowest BCUT2D eigenvalue weighted by molar-refractivity contribution is -0.386. The standard InChI is InChI=1S/C25H21N3O6/c1-2-33-23-14-18(13-22(24(23)29)28(31)32)12-19(15-26)25(30)27-20-8-10-21(11-9-20)34-16-17-6-4-3-5-7-17/h3-14,29H,2,16H2,1H3,(H,27,30)/b19-12+. The van der Waals surface area contributed by atoms with Crippen LogP contribution in [0.25, 0.3) is 6.08 Å². The number of nitriles is 1. The average molecular weight is 459 g/mol. The summed E-state index contributed by atoms with van der Waals surface area (Å²) in [5, 5.41) is 33.3. The number of ether oxygens (including phenoxy) is 2. The molecule has 172 valence electrons. The number of nitro benzene ring substituents is 1. The molecule has 0 atom stereocenters. The van der Waals surface area contributed by atoms with Crippen molar-refractivity contribution < 1.29 is 24.3 Å². The predicted molar refractivity (Wildman–Crippen MR) is 125 cm³/mol. The van der Waals surface area contributed by atoms with E-state index in [1.54, 1.807) is 37.3 Å². The van der Waals surface area contributed by atoms with Gasteiger partial charge in [-0.2, -0.15) is 5.26 Å². The molecule has 0 radical (unpaired) electrons. The van der Waals surface area contributed by atoms with E-state index < -0.39 is 22.3 Å². The summed E-state index contributed by atoms with van der Waals surface area (Å²) in [4.78, 5) is 23.0. The van der Waals surface area contributed by atoms with Crippen LogP contribution in [0.2, 0.25) is 0 Å². The van der Waals surface area contributed by atoms with E-state index in [9.17, 15) is 25.3 Å². The van der Waals surface area contributed by atoms with E-state index in [-0.39, 0.29) is 23.5 Å². The molecule has 3 aromatic carbocycles. The first-order valence-corrected chi connectivity index (χ1v) is 10.3. The second-order valence-electron chi connectivity index (χ2n) is 7.00. The quantitative estimate of drug-likeness (QED) is 0.203. The van der Waals surface area contributed by atoms with E-state index in [0.717, 1.165) is 11.6 Å². The number of carbonyl (C=O) groups excluding carboxylic acids is 1. The molecule has 9 heteroatoms. The van der Waals surface area contributed by atoms with Crippen LogP contribution in [0, 0.1) is 21.4 Å². The second kappa shape index (κ2) is 11.2. The number of rotatable bonds is 9. The number of phenolic OH excluding ortho intramolecular Hbond substituents is 1. The van der Waals surface area contributed by atoms with Gasteiger partial charge in [0.05, 0.1) is 11.5 Å². The monoisotopic (exact) mass is 459 g/mol. The predicted octanol–water partition coefficient (Wildman–Crippen LogP) is 4.82. The van der Waals surface area contributed by atoms with Gasteiger partial charge in [0, 0.05) is 11.8 Å². The van der Waals surface area contributed by atoms with Crippen LogP contribution in [0.1, 0.15) is 18.1 Å². The van der Waals surface area contributed by atoms with E-state index in [0.29, 0.717) is 18.0 Å². The zero-order valence-electron chi connectivity index (χ0n) is 18.2. The van der Waals surface area contributed by atoms with Crippen LogP contribution in [-0.4, -0.2) is 22.5 Å². The van der Waals surface area contributed by atoms with Crippen molar-refractivity contribution in [3.63, 3.8) is 0 Å². The van der Waals surface area contributed by atoms with Gasteiger partial charge in [-0.15, -0.1) is 0 Å². The molecule has 34 heavy (non-hydrogen) atoms. The highest BCUT2D eigenvalue weighted by atomic mass is 16.6. The van der Waals surface area contributed by atoms with Crippen molar-refractivity contribution in [2.75, 3.05) is 11.9 Å². The minimum absolute atomic E-state index is 0.119. The smallest absolute Gasteiger partial charge is 0.315 e. The maximum absolute atomic E-state index is 12.6. The normalized spacial score (nSPS) is 10.8. The van der Waals surface area contributed by atoms with Crippen LogP contribution in [0.5, 0.6) is 17.2 Å². The van der Waals surface area contributed by atoms with Gasteiger partial charge in [0.25, 0.3) is 5.91 Å². The lowest BCUT2D eigenvalue weighted by Crippen LogP contribution is -2.13. The Morgan fingerprint density at radius 1 is 1.15 bits per heavy atom. The highest BCUT2D eigenvalue weighted by molar-refractivity contribution is 6.09. The van der Waals surface area contributed by atoms with Crippen molar-refractivity contribution >= 4 is 23.4 Å². The molecule has 0 aliphatic heterocycles. The summed E-state index contributed by atoms with van der Waals surface area (Å²) in [5.74, 6) is -0.833. The molecule has 0 fully saturated rings.